The first-order chi connectivity index (χ1) is 12.9. The maximum Gasteiger partial charge on any atom is 0.137 e. The molecule has 2 aromatic carbocycles. The van der Waals surface area contributed by atoms with Crippen molar-refractivity contribution in [1.29, 1.82) is 0 Å². The number of hydrogen-bond acceptors (Lipinski definition) is 3. The second-order valence-corrected chi connectivity index (χ2v) is 8.15. The smallest absolute Gasteiger partial charge is 0.137 e. The third-order valence-corrected chi connectivity index (χ3v) is 5.53. The summed E-state index contributed by atoms with van der Waals surface area (Å²) in [4.78, 5) is 3.97. The minimum absolute atomic E-state index is 0.199. The molecular formula is C19H15BrCl2N4O. The number of halogens is 3. The Morgan fingerprint density at radius 2 is 1.93 bits per heavy atom. The number of benzene rings is 2. The van der Waals surface area contributed by atoms with Gasteiger partial charge in [0.1, 0.15) is 18.3 Å². The van der Waals surface area contributed by atoms with Crippen molar-refractivity contribution >= 4 is 50.0 Å². The summed E-state index contributed by atoms with van der Waals surface area (Å²) in [5, 5.41) is 17.8. The van der Waals surface area contributed by atoms with E-state index in [1.54, 1.807) is 29.2 Å². The first-order valence-corrected chi connectivity index (χ1v) is 9.74. The van der Waals surface area contributed by atoms with E-state index in [-0.39, 0.29) is 6.54 Å². The van der Waals surface area contributed by atoms with Crippen LogP contribution in [0.5, 0.6) is 0 Å². The first-order valence-electron chi connectivity index (χ1n) is 8.19. The highest BCUT2D eigenvalue weighted by atomic mass is 79.9. The number of hydrogen-bond donors (Lipinski definition) is 1. The average Bonchev–Trinajstić information content (AvgIpc) is 3.24. The predicted octanol–water partition coefficient (Wildman–Crippen LogP) is 4.89. The molecule has 2 aromatic heterocycles. The van der Waals surface area contributed by atoms with E-state index in [1.807, 2.05) is 35.0 Å². The summed E-state index contributed by atoms with van der Waals surface area (Å²) in [6.45, 7) is 0.490. The minimum atomic E-state index is -1.31. The van der Waals surface area contributed by atoms with E-state index >= 15 is 0 Å². The van der Waals surface area contributed by atoms with Crippen LogP contribution in [0.4, 0.5) is 0 Å². The number of nitrogens with zero attached hydrogens (tertiary/aromatic N) is 4. The number of fused-ring (bicyclic) bond motifs is 1. The van der Waals surface area contributed by atoms with Gasteiger partial charge in [-0.15, -0.1) is 0 Å². The summed E-state index contributed by atoms with van der Waals surface area (Å²) in [5.41, 5.74) is 0.289. The highest BCUT2D eigenvalue weighted by molar-refractivity contribution is 9.10. The Labute approximate surface area is 174 Å². The van der Waals surface area contributed by atoms with Gasteiger partial charge in [0, 0.05) is 37.2 Å². The van der Waals surface area contributed by atoms with Gasteiger partial charge in [0.15, 0.2) is 0 Å². The zero-order valence-corrected chi connectivity index (χ0v) is 17.2. The molecule has 0 aliphatic carbocycles. The van der Waals surface area contributed by atoms with Crippen LogP contribution in [0.25, 0.3) is 10.9 Å². The van der Waals surface area contributed by atoms with Gasteiger partial charge in [-0.2, -0.15) is 5.10 Å². The van der Waals surface area contributed by atoms with Crippen LogP contribution >= 0.6 is 39.1 Å². The van der Waals surface area contributed by atoms with Crippen LogP contribution in [0, 0.1) is 0 Å². The van der Waals surface area contributed by atoms with Crippen LogP contribution in [-0.2, 0) is 18.7 Å². The molecule has 2 heterocycles. The van der Waals surface area contributed by atoms with Crippen molar-refractivity contribution in [1.82, 2.24) is 19.3 Å². The number of aromatic nitrogens is 4. The average molecular weight is 466 g/mol. The Morgan fingerprint density at radius 1 is 1.07 bits per heavy atom. The molecule has 0 aliphatic rings. The Hall–Kier alpha value is -1.86. The summed E-state index contributed by atoms with van der Waals surface area (Å²) in [6, 6.07) is 13.2. The maximum absolute atomic E-state index is 11.7. The van der Waals surface area contributed by atoms with Crippen LogP contribution in [0.3, 0.4) is 0 Å². The minimum Gasteiger partial charge on any atom is -0.381 e. The Balaban J connectivity index is 1.79. The van der Waals surface area contributed by atoms with E-state index in [9.17, 15) is 5.11 Å². The molecule has 1 unspecified atom stereocenters. The van der Waals surface area contributed by atoms with Crippen LogP contribution in [0.15, 0.2) is 65.8 Å². The van der Waals surface area contributed by atoms with E-state index in [4.69, 9.17) is 23.2 Å². The lowest BCUT2D eigenvalue weighted by Gasteiger charge is -2.30. The molecule has 0 spiro atoms. The predicted molar refractivity (Wildman–Crippen MR) is 110 cm³/mol. The molecule has 1 N–H and O–H groups in total. The Morgan fingerprint density at radius 3 is 2.67 bits per heavy atom. The van der Waals surface area contributed by atoms with Gasteiger partial charge in [-0.3, -0.25) is 0 Å². The van der Waals surface area contributed by atoms with Crippen LogP contribution < -0.4 is 0 Å². The molecule has 0 saturated heterocycles. The van der Waals surface area contributed by atoms with Crippen LogP contribution in [0.1, 0.15) is 5.56 Å². The second kappa shape index (κ2) is 7.28. The molecule has 5 nitrogen and oxygen atoms in total. The van der Waals surface area contributed by atoms with Gasteiger partial charge >= 0.3 is 0 Å². The van der Waals surface area contributed by atoms with Crippen molar-refractivity contribution in [2.75, 3.05) is 0 Å². The number of aliphatic hydroxyl groups is 1. The quantitative estimate of drug-likeness (QED) is 0.456. The van der Waals surface area contributed by atoms with E-state index < -0.39 is 5.60 Å². The first kappa shape index (κ1) is 18.5. The van der Waals surface area contributed by atoms with Crippen LogP contribution in [-0.4, -0.2) is 24.4 Å². The monoisotopic (exact) mass is 464 g/mol. The third kappa shape index (κ3) is 3.75. The standard InChI is InChI=1S/C19H15BrCl2N4O/c20-14-1-4-18-13(7-14)5-6-25(18)9-19(27,10-26-12-23-11-24-26)16-3-2-15(21)8-17(16)22/h1-8,11-12,27H,9-10H2. The fourth-order valence-electron chi connectivity index (χ4n) is 3.26. The molecule has 1 atom stereocenters. The lowest BCUT2D eigenvalue weighted by Crippen LogP contribution is -2.36. The largest absolute Gasteiger partial charge is 0.381 e. The Bertz CT molecular complexity index is 1100. The molecule has 8 heteroatoms. The summed E-state index contributed by atoms with van der Waals surface area (Å²) in [6.07, 6.45) is 4.96. The normalized spacial score (nSPS) is 13.8. The molecule has 138 valence electrons. The molecule has 0 aliphatic heterocycles. The van der Waals surface area contributed by atoms with E-state index in [0.717, 1.165) is 15.4 Å². The van der Waals surface area contributed by atoms with Crippen LogP contribution in [0.2, 0.25) is 10.0 Å². The van der Waals surface area contributed by atoms with Crippen molar-refractivity contribution in [2.45, 2.75) is 18.7 Å². The van der Waals surface area contributed by atoms with Gasteiger partial charge in [-0.05, 0) is 36.4 Å². The van der Waals surface area contributed by atoms with Gasteiger partial charge in [0.05, 0.1) is 13.1 Å². The zero-order valence-electron chi connectivity index (χ0n) is 14.1. The molecule has 0 radical (unpaired) electrons. The van der Waals surface area contributed by atoms with E-state index in [2.05, 4.69) is 26.0 Å². The molecule has 0 fully saturated rings. The molecule has 0 saturated carbocycles. The van der Waals surface area contributed by atoms with E-state index in [0.29, 0.717) is 22.2 Å². The second-order valence-electron chi connectivity index (χ2n) is 6.40. The summed E-state index contributed by atoms with van der Waals surface area (Å²) < 4.78 is 4.60. The highest BCUT2D eigenvalue weighted by Gasteiger charge is 2.33. The number of rotatable bonds is 5. The van der Waals surface area contributed by atoms with E-state index in [1.165, 1.54) is 6.33 Å². The highest BCUT2D eigenvalue weighted by Crippen LogP contribution is 2.34. The van der Waals surface area contributed by atoms with Crippen molar-refractivity contribution in [3.63, 3.8) is 0 Å². The molecule has 4 rings (SSSR count). The molecule has 27 heavy (non-hydrogen) atoms. The lowest BCUT2D eigenvalue weighted by molar-refractivity contribution is -0.00103. The SMILES string of the molecule is OC(Cn1cncn1)(Cn1ccc2cc(Br)ccc21)c1ccc(Cl)cc1Cl. The molecule has 4 aromatic rings. The van der Waals surface area contributed by atoms with Crippen molar-refractivity contribution in [3.05, 3.63) is 81.4 Å². The fourth-order valence-corrected chi connectivity index (χ4v) is 4.22. The van der Waals surface area contributed by atoms with Crippen molar-refractivity contribution in [3.8, 4) is 0 Å². The topological polar surface area (TPSA) is 55.9 Å². The summed E-state index contributed by atoms with van der Waals surface area (Å²) in [7, 11) is 0. The van der Waals surface area contributed by atoms with Crippen molar-refractivity contribution < 1.29 is 5.11 Å². The van der Waals surface area contributed by atoms with Gasteiger partial charge in [0.25, 0.3) is 0 Å². The van der Waals surface area contributed by atoms with Gasteiger partial charge < -0.3 is 9.67 Å². The van der Waals surface area contributed by atoms with Gasteiger partial charge in [-0.25, -0.2) is 9.67 Å². The van der Waals surface area contributed by atoms with Crippen molar-refractivity contribution in [2.24, 2.45) is 0 Å². The summed E-state index contributed by atoms with van der Waals surface area (Å²) >= 11 is 16.0. The lowest BCUT2D eigenvalue weighted by atomic mass is 9.93. The molecule has 0 amide bonds. The fraction of sp³-hybridized carbons (Fsp3) is 0.158. The third-order valence-electron chi connectivity index (χ3n) is 4.49. The van der Waals surface area contributed by atoms with Gasteiger partial charge in [0.2, 0.25) is 0 Å². The molecule has 0 bridgehead atoms. The van der Waals surface area contributed by atoms with Gasteiger partial charge in [-0.1, -0.05) is 45.2 Å². The zero-order chi connectivity index (χ0) is 19.0. The summed E-state index contributed by atoms with van der Waals surface area (Å²) in [5.74, 6) is 0. The molecular weight excluding hydrogens is 451 g/mol. The Kier molecular flexibility index (Phi) is 4.99. The maximum atomic E-state index is 11.7.